The van der Waals surface area contributed by atoms with Gasteiger partial charge in [-0.05, 0) is 71.5 Å². The molecule has 33 heavy (non-hydrogen) atoms. The summed E-state index contributed by atoms with van der Waals surface area (Å²) in [4.78, 5) is 17.2. The van der Waals surface area contributed by atoms with Crippen LogP contribution in [0.2, 0.25) is 0 Å². The summed E-state index contributed by atoms with van der Waals surface area (Å²) in [5.41, 5.74) is 11.1. The number of aromatic nitrogens is 1. The normalized spacial score (nSPS) is 27.7. The van der Waals surface area contributed by atoms with E-state index in [4.69, 9.17) is 10.2 Å². The molecule has 2 aliphatic rings. The van der Waals surface area contributed by atoms with E-state index in [1.807, 2.05) is 0 Å². The van der Waals surface area contributed by atoms with E-state index in [1.165, 1.54) is 42.2 Å². The van der Waals surface area contributed by atoms with Crippen LogP contribution in [0.3, 0.4) is 0 Å². The van der Waals surface area contributed by atoms with Gasteiger partial charge >= 0.3 is 0 Å². The lowest BCUT2D eigenvalue weighted by molar-refractivity contribution is 0.0254. The standard InChI is InChI=1S/C28H41N3O2/c1-6-8-22(29)26-31-23(16-33-26)25(32)30-17-27(4)13-7-14-28(5)21-11-9-19(18(2)3)15-20(21)10-12-24(27)28/h9,11,15-16,18,22,24H,6-8,10,12-14,17,29H2,1-5H3,(H,30,32). The van der Waals surface area contributed by atoms with E-state index in [1.54, 1.807) is 0 Å². The number of hydrogen-bond donors (Lipinski definition) is 2. The lowest BCUT2D eigenvalue weighted by atomic mass is 9.49. The highest BCUT2D eigenvalue weighted by Gasteiger charge is 2.51. The van der Waals surface area contributed by atoms with Gasteiger partial charge in [0, 0.05) is 6.54 Å². The molecule has 0 saturated heterocycles. The summed E-state index contributed by atoms with van der Waals surface area (Å²) in [7, 11) is 0. The zero-order valence-corrected chi connectivity index (χ0v) is 21.0. The largest absolute Gasteiger partial charge is 0.446 e. The molecule has 4 rings (SSSR count). The average molecular weight is 452 g/mol. The van der Waals surface area contributed by atoms with Crippen molar-refractivity contribution in [1.82, 2.24) is 10.3 Å². The molecule has 1 aromatic heterocycles. The number of oxazole rings is 1. The van der Waals surface area contributed by atoms with Crippen LogP contribution in [0.4, 0.5) is 0 Å². The summed E-state index contributed by atoms with van der Waals surface area (Å²) in [6.45, 7) is 12.1. The van der Waals surface area contributed by atoms with E-state index in [0.717, 1.165) is 25.7 Å². The molecule has 5 heteroatoms. The van der Waals surface area contributed by atoms with Crippen LogP contribution in [0.15, 0.2) is 28.9 Å². The summed E-state index contributed by atoms with van der Waals surface area (Å²) in [5, 5.41) is 3.19. The van der Waals surface area contributed by atoms with Gasteiger partial charge in [-0.2, -0.15) is 0 Å². The van der Waals surface area contributed by atoms with Crippen LogP contribution in [-0.2, 0) is 11.8 Å². The molecule has 0 aliphatic heterocycles. The van der Waals surface area contributed by atoms with E-state index >= 15 is 0 Å². The second-order valence-electron chi connectivity index (χ2n) is 11.2. The van der Waals surface area contributed by atoms with Crippen molar-refractivity contribution < 1.29 is 9.21 Å². The molecule has 0 spiro atoms. The predicted molar refractivity (Wildman–Crippen MR) is 132 cm³/mol. The van der Waals surface area contributed by atoms with Crippen LogP contribution in [-0.4, -0.2) is 17.4 Å². The number of hydrogen-bond acceptors (Lipinski definition) is 4. The van der Waals surface area contributed by atoms with E-state index in [2.05, 4.69) is 63.1 Å². The molecule has 2 aliphatic carbocycles. The Morgan fingerprint density at radius 1 is 1.30 bits per heavy atom. The van der Waals surface area contributed by atoms with Gasteiger partial charge in [-0.3, -0.25) is 4.79 Å². The summed E-state index contributed by atoms with van der Waals surface area (Å²) >= 11 is 0. The molecular formula is C28H41N3O2. The third kappa shape index (κ3) is 4.49. The van der Waals surface area contributed by atoms with Crippen LogP contribution in [0, 0.1) is 11.3 Å². The predicted octanol–water partition coefficient (Wildman–Crippen LogP) is 6.04. The number of rotatable bonds is 7. The first-order valence-corrected chi connectivity index (χ1v) is 12.8. The third-order valence-corrected chi connectivity index (χ3v) is 8.49. The van der Waals surface area contributed by atoms with Gasteiger partial charge in [-0.15, -0.1) is 0 Å². The minimum atomic E-state index is -0.258. The zero-order chi connectivity index (χ0) is 23.8. The van der Waals surface area contributed by atoms with Crippen molar-refractivity contribution >= 4 is 5.91 Å². The van der Waals surface area contributed by atoms with E-state index in [-0.39, 0.29) is 22.8 Å². The Morgan fingerprint density at radius 2 is 2.09 bits per heavy atom. The molecule has 1 fully saturated rings. The Morgan fingerprint density at radius 3 is 2.82 bits per heavy atom. The summed E-state index contributed by atoms with van der Waals surface area (Å²) in [6.07, 6.45) is 9.03. The molecule has 4 atom stereocenters. The molecule has 3 N–H and O–H groups in total. The third-order valence-electron chi connectivity index (χ3n) is 8.49. The maximum atomic E-state index is 12.9. The van der Waals surface area contributed by atoms with Crippen LogP contribution < -0.4 is 11.1 Å². The monoisotopic (exact) mass is 451 g/mol. The lowest BCUT2D eigenvalue weighted by Crippen LogP contribution is -2.53. The van der Waals surface area contributed by atoms with Crippen molar-refractivity contribution in [2.24, 2.45) is 17.1 Å². The molecule has 0 radical (unpaired) electrons. The molecule has 2 aromatic rings. The first kappa shape index (κ1) is 24.0. The van der Waals surface area contributed by atoms with Crippen molar-refractivity contribution in [3.05, 3.63) is 52.7 Å². The minimum Gasteiger partial charge on any atom is -0.446 e. The van der Waals surface area contributed by atoms with Gasteiger partial charge in [0.15, 0.2) is 5.69 Å². The SMILES string of the molecule is CCCC(N)c1nc(C(=O)NCC2(C)CCCC3(C)c4ccc(C(C)C)cc4CCC23)co1. The Hall–Kier alpha value is -2.14. The maximum Gasteiger partial charge on any atom is 0.273 e. The summed E-state index contributed by atoms with van der Waals surface area (Å²) < 4.78 is 5.49. The van der Waals surface area contributed by atoms with Crippen LogP contribution in [0.5, 0.6) is 0 Å². The number of carbonyl (C=O) groups is 1. The fourth-order valence-electron chi connectivity index (χ4n) is 6.58. The fourth-order valence-corrected chi connectivity index (χ4v) is 6.58. The highest BCUT2D eigenvalue weighted by molar-refractivity contribution is 5.91. The number of benzene rings is 1. The Bertz CT molecular complexity index is 997. The Kier molecular flexibility index (Phi) is 6.73. The number of fused-ring (bicyclic) bond motifs is 3. The molecule has 180 valence electrons. The number of amides is 1. The topological polar surface area (TPSA) is 81.1 Å². The highest BCUT2D eigenvalue weighted by Crippen LogP contribution is 2.57. The fraction of sp³-hybridized carbons (Fsp3) is 0.643. The van der Waals surface area contributed by atoms with Gasteiger partial charge in [0.25, 0.3) is 5.91 Å². The van der Waals surface area contributed by atoms with E-state index in [9.17, 15) is 4.79 Å². The van der Waals surface area contributed by atoms with E-state index < -0.39 is 0 Å². The maximum absolute atomic E-state index is 12.9. The quantitative estimate of drug-likeness (QED) is 0.538. The summed E-state index contributed by atoms with van der Waals surface area (Å²) in [5.74, 6) is 1.38. The molecule has 1 aromatic carbocycles. The number of nitrogens with two attached hydrogens (primary N) is 1. The smallest absolute Gasteiger partial charge is 0.273 e. The number of nitrogens with zero attached hydrogens (tertiary/aromatic N) is 1. The molecule has 4 unspecified atom stereocenters. The molecule has 5 nitrogen and oxygen atoms in total. The molecule has 0 bridgehead atoms. The Labute approximate surface area is 198 Å². The van der Waals surface area contributed by atoms with Gasteiger partial charge in [0.2, 0.25) is 5.89 Å². The van der Waals surface area contributed by atoms with Gasteiger partial charge in [-0.1, -0.05) is 65.7 Å². The zero-order valence-electron chi connectivity index (χ0n) is 21.0. The lowest BCUT2D eigenvalue weighted by Gasteiger charge is -2.55. The summed E-state index contributed by atoms with van der Waals surface area (Å²) in [6, 6.07) is 6.92. The van der Waals surface area contributed by atoms with Crippen LogP contribution in [0.1, 0.15) is 118 Å². The number of nitrogens with one attached hydrogen (secondary N) is 1. The van der Waals surface area contributed by atoms with Gasteiger partial charge in [-0.25, -0.2) is 4.98 Å². The second-order valence-corrected chi connectivity index (χ2v) is 11.2. The van der Waals surface area contributed by atoms with Crippen LogP contribution in [0.25, 0.3) is 0 Å². The molecule has 1 heterocycles. The molecule has 1 amide bonds. The Balaban J connectivity index is 1.49. The number of aryl methyl sites for hydroxylation is 1. The van der Waals surface area contributed by atoms with Crippen molar-refractivity contribution in [3.8, 4) is 0 Å². The van der Waals surface area contributed by atoms with Crippen molar-refractivity contribution in [2.45, 2.75) is 96.9 Å². The second kappa shape index (κ2) is 9.25. The highest BCUT2D eigenvalue weighted by atomic mass is 16.3. The van der Waals surface area contributed by atoms with Crippen molar-refractivity contribution in [3.63, 3.8) is 0 Å². The van der Waals surface area contributed by atoms with E-state index in [0.29, 0.717) is 30.0 Å². The molecule has 1 saturated carbocycles. The minimum absolute atomic E-state index is 0.0578. The number of carbonyl (C=O) groups excluding carboxylic acids is 1. The van der Waals surface area contributed by atoms with Crippen molar-refractivity contribution in [1.29, 1.82) is 0 Å². The van der Waals surface area contributed by atoms with Gasteiger partial charge in [0.1, 0.15) is 6.26 Å². The van der Waals surface area contributed by atoms with Crippen molar-refractivity contribution in [2.75, 3.05) is 6.54 Å². The van der Waals surface area contributed by atoms with Gasteiger partial charge < -0.3 is 15.5 Å². The average Bonchev–Trinajstić information content (AvgIpc) is 3.28. The van der Waals surface area contributed by atoms with Gasteiger partial charge in [0.05, 0.1) is 6.04 Å². The van der Waals surface area contributed by atoms with Crippen LogP contribution >= 0.6 is 0 Å². The molecular weight excluding hydrogens is 410 g/mol. The first-order valence-electron chi connectivity index (χ1n) is 12.8. The first-order chi connectivity index (χ1) is 15.7.